The lowest BCUT2D eigenvalue weighted by Gasteiger charge is -2.31. The summed E-state index contributed by atoms with van der Waals surface area (Å²) in [5.74, 6) is 0. The highest BCUT2D eigenvalue weighted by Crippen LogP contribution is 2.01. The van der Waals surface area contributed by atoms with E-state index in [0.717, 1.165) is 32.6 Å². The van der Waals surface area contributed by atoms with Gasteiger partial charge in [-0.1, -0.05) is 6.07 Å². The summed E-state index contributed by atoms with van der Waals surface area (Å²) >= 11 is 0. The second-order valence-corrected chi connectivity index (χ2v) is 4.23. The van der Waals surface area contributed by atoms with Crippen molar-refractivity contribution in [3.63, 3.8) is 0 Å². The third kappa shape index (κ3) is 3.29. The van der Waals surface area contributed by atoms with Crippen molar-refractivity contribution in [3.8, 4) is 0 Å². The molecule has 3 nitrogen and oxygen atoms in total. The Balaban J connectivity index is 1.78. The van der Waals surface area contributed by atoms with Crippen molar-refractivity contribution >= 4 is 0 Å². The van der Waals surface area contributed by atoms with Crippen molar-refractivity contribution in [1.29, 1.82) is 0 Å². The standard InChI is InChI=1S/C12H19N3/c1-11-10-15(9-7-13-11)8-5-12-4-2-3-6-14-12/h2-4,6,11,13H,5,7-10H2,1H3. The number of pyridine rings is 1. The summed E-state index contributed by atoms with van der Waals surface area (Å²) < 4.78 is 0. The first kappa shape index (κ1) is 10.6. The van der Waals surface area contributed by atoms with Crippen LogP contribution in [0.1, 0.15) is 12.6 Å². The molecule has 3 heteroatoms. The Bertz CT molecular complexity index is 286. The van der Waals surface area contributed by atoms with Gasteiger partial charge in [-0.3, -0.25) is 4.98 Å². The van der Waals surface area contributed by atoms with E-state index < -0.39 is 0 Å². The molecule has 1 N–H and O–H groups in total. The van der Waals surface area contributed by atoms with Gasteiger partial charge in [0.25, 0.3) is 0 Å². The molecule has 1 saturated heterocycles. The van der Waals surface area contributed by atoms with Gasteiger partial charge in [-0.2, -0.15) is 0 Å². The Hall–Kier alpha value is -0.930. The summed E-state index contributed by atoms with van der Waals surface area (Å²) in [5, 5.41) is 3.45. The Morgan fingerprint density at radius 2 is 2.47 bits per heavy atom. The molecule has 0 saturated carbocycles. The van der Waals surface area contributed by atoms with E-state index in [2.05, 4.69) is 34.3 Å². The van der Waals surface area contributed by atoms with Crippen LogP contribution in [0.2, 0.25) is 0 Å². The molecular weight excluding hydrogens is 186 g/mol. The Morgan fingerprint density at radius 3 is 3.20 bits per heavy atom. The smallest absolute Gasteiger partial charge is 0.0416 e. The monoisotopic (exact) mass is 205 g/mol. The zero-order valence-corrected chi connectivity index (χ0v) is 9.32. The van der Waals surface area contributed by atoms with Crippen LogP contribution in [0.5, 0.6) is 0 Å². The van der Waals surface area contributed by atoms with E-state index in [1.807, 2.05) is 12.3 Å². The molecule has 15 heavy (non-hydrogen) atoms. The molecule has 0 bridgehead atoms. The molecule has 1 aliphatic heterocycles. The van der Waals surface area contributed by atoms with Gasteiger partial charge < -0.3 is 10.2 Å². The number of nitrogens with one attached hydrogen (secondary N) is 1. The molecule has 2 rings (SSSR count). The van der Waals surface area contributed by atoms with Crippen LogP contribution in [-0.2, 0) is 6.42 Å². The highest BCUT2D eigenvalue weighted by Gasteiger charge is 2.14. The molecule has 0 radical (unpaired) electrons. The van der Waals surface area contributed by atoms with Gasteiger partial charge in [0.2, 0.25) is 0 Å². The summed E-state index contributed by atoms with van der Waals surface area (Å²) in [6.45, 7) is 6.81. The minimum absolute atomic E-state index is 0.627. The third-order valence-corrected chi connectivity index (χ3v) is 2.86. The molecule has 82 valence electrons. The molecule has 1 fully saturated rings. The summed E-state index contributed by atoms with van der Waals surface area (Å²) in [6, 6.07) is 6.76. The van der Waals surface area contributed by atoms with E-state index in [1.165, 1.54) is 5.69 Å². The highest BCUT2D eigenvalue weighted by molar-refractivity contribution is 5.03. The predicted molar refractivity (Wildman–Crippen MR) is 61.8 cm³/mol. The number of rotatable bonds is 3. The normalized spacial score (nSPS) is 22.9. The predicted octanol–water partition coefficient (Wildman–Crippen LogP) is 0.918. The van der Waals surface area contributed by atoms with E-state index in [1.54, 1.807) is 0 Å². The molecule has 1 aliphatic rings. The van der Waals surface area contributed by atoms with Gasteiger partial charge in [0.15, 0.2) is 0 Å². The SMILES string of the molecule is CC1CN(CCc2ccccn2)CCN1. The first-order valence-corrected chi connectivity index (χ1v) is 5.70. The summed E-state index contributed by atoms with van der Waals surface area (Å²) in [4.78, 5) is 6.85. The quantitative estimate of drug-likeness (QED) is 0.795. The lowest BCUT2D eigenvalue weighted by Crippen LogP contribution is -2.49. The fourth-order valence-corrected chi connectivity index (χ4v) is 2.03. The van der Waals surface area contributed by atoms with E-state index >= 15 is 0 Å². The van der Waals surface area contributed by atoms with Gasteiger partial charge in [0.05, 0.1) is 0 Å². The maximum Gasteiger partial charge on any atom is 0.0416 e. The van der Waals surface area contributed by atoms with Crippen LogP contribution in [0.15, 0.2) is 24.4 Å². The zero-order valence-electron chi connectivity index (χ0n) is 9.32. The van der Waals surface area contributed by atoms with Gasteiger partial charge in [-0.25, -0.2) is 0 Å². The largest absolute Gasteiger partial charge is 0.312 e. The minimum Gasteiger partial charge on any atom is -0.312 e. The van der Waals surface area contributed by atoms with E-state index in [9.17, 15) is 0 Å². The molecule has 1 aromatic heterocycles. The van der Waals surface area contributed by atoms with Crippen molar-refractivity contribution in [2.24, 2.45) is 0 Å². The molecular formula is C12H19N3. The minimum atomic E-state index is 0.627. The van der Waals surface area contributed by atoms with Gasteiger partial charge in [-0.15, -0.1) is 0 Å². The molecule has 0 aliphatic carbocycles. The summed E-state index contributed by atoms with van der Waals surface area (Å²) in [5.41, 5.74) is 1.20. The molecule has 0 amide bonds. The number of hydrogen-bond donors (Lipinski definition) is 1. The van der Waals surface area contributed by atoms with Crippen LogP contribution < -0.4 is 5.32 Å². The van der Waals surface area contributed by atoms with E-state index in [-0.39, 0.29) is 0 Å². The number of hydrogen-bond acceptors (Lipinski definition) is 3. The highest BCUT2D eigenvalue weighted by atomic mass is 15.2. The molecule has 2 heterocycles. The lowest BCUT2D eigenvalue weighted by atomic mass is 10.2. The molecule has 1 aromatic rings. The van der Waals surface area contributed by atoms with E-state index in [4.69, 9.17) is 0 Å². The summed E-state index contributed by atoms with van der Waals surface area (Å²) in [6.07, 6.45) is 2.93. The van der Waals surface area contributed by atoms with Crippen molar-refractivity contribution in [2.45, 2.75) is 19.4 Å². The third-order valence-electron chi connectivity index (χ3n) is 2.86. The first-order chi connectivity index (χ1) is 7.34. The Kier molecular flexibility index (Phi) is 3.69. The second kappa shape index (κ2) is 5.24. The maximum atomic E-state index is 4.34. The van der Waals surface area contributed by atoms with Crippen LogP contribution in [0, 0.1) is 0 Å². The average molecular weight is 205 g/mol. The maximum absolute atomic E-state index is 4.34. The number of piperazine rings is 1. The summed E-state index contributed by atoms with van der Waals surface area (Å²) in [7, 11) is 0. The Morgan fingerprint density at radius 1 is 1.53 bits per heavy atom. The van der Waals surface area contributed by atoms with Gasteiger partial charge in [0.1, 0.15) is 0 Å². The number of nitrogens with zero attached hydrogens (tertiary/aromatic N) is 2. The van der Waals surface area contributed by atoms with E-state index in [0.29, 0.717) is 6.04 Å². The average Bonchev–Trinajstić information content (AvgIpc) is 2.28. The van der Waals surface area contributed by atoms with Gasteiger partial charge in [-0.05, 0) is 19.1 Å². The van der Waals surface area contributed by atoms with Crippen molar-refractivity contribution in [3.05, 3.63) is 30.1 Å². The second-order valence-electron chi connectivity index (χ2n) is 4.23. The van der Waals surface area contributed by atoms with Crippen molar-refractivity contribution in [1.82, 2.24) is 15.2 Å². The van der Waals surface area contributed by atoms with Crippen molar-refractivity contribution in [2.75, 3.05) is 26.2 Å². The van der Waals surface area contributed by atoms with Crippen LogP contribution in [-0.4, -0.2) is 42.1 Å². The first-order valence-electron chi connectivity index (χ1n) is 5.70. The lowest BCUT2D eigenvalue weighted by molar-refractivity contribution is 0.209. The Labute approximate surface area is 91.5 Å². The molecule has 0 spiro atoms. The molecule has 0 aromatic carbocycles. The van der Waals surface area contributed by atoms with Gasteiger partial charge >= 0.3 is 0 Å². The van der Waals surface area contributed by atoms with Gasteiger partial charge in [0, 0.05) is 50.5 Å². The van der Waals surface area contributed by atoms with Crippen LogP contribution in [0.4, 0.5) is 0 Å². The van der Waals surface area contributed by atoms with Crippen LogP contribution in [0.25, 0.3) is 0 Å². The zero-order chi connectivity index (χ0) is 10.5. The molecule has 1 unspecified atom stereocenters. The van der Waals surface area contributed by atoms with Crippen LogP contribution in [0.3, 0.4) is 0 Å². The van der Waals surface area contributed by atoms with Crippen LogP contribution >= 0.6 is 0 Å². The fourth-order valence-electron chi connectivity index (χ4n) is 2.03. The topological polar surface area (TPSA) is 28.2 Å². The molecule has 1 atom stereocenters. The fraction of sp³-hybridized carbons (Fsp3) is 0.583. The van der Waals surface area contributed by atoms with Crippen molar-refractivity contribution < 1.29 is 0 Å². The number of aromatic nitrogens is 1.